The van der Waals surface area contributed by atoms with Crippen molar-refractivity contribution < 1.29 is 9.53 Å². The topological polar surface area (TPSA) is 26.3 Å². The fourth-order valence-corrected chi connectivity index (χ4v) is 0.815. The third kappa shape index (κ3) is 1.30. The van der Waals surface area contributed by atoms with Crippen LogP contribution in [0.4, 0.5) is 0 Å². The van der Waals surface area contributed by atoms with Gasteiger partial charge in [0, 0.05) is 19.1 Å². The van der Waals surface area contributed by atoms with E-state index in [1.165, 1.54) is 0 Å². The van der Waals surface area contributed by atoms with Gasteiger partial charge in [0.05, 0.1) is 0 Å². The molecule has 0 atom stereocenters. The van der Waals surface area contributed by atoms with Crippen LogP contribution in [0.2, 0.25) is 0 Å². The van der Waals surface area contributed by atoms with Gasteiger partial charge in [0.25, 0.3) is 0 Å². The average molecular weight is 113 g/mol. The zero-order chi connectivity index (χ0) is 5.82. The number of hydrogen-bond donors (Lipinski definition) is 0. The summed E-state index contributed by atoms with van der Waals surface area (Å²) in [6, 6.07) is 0. The highest BCUT2D eigenvalue weighted by atomic mass is 16.5. The summed E-state index contributed by atoms with van der Waals surface area (Å²) in [5.41, 5.74) is 0. The van der Waals surface area contributed by atoms with E-state index in [0.29, 0.717) is 0 Å². The molecule has 0 spiro atoms. The van der Waals surface area contributed by atoms with E-state index in [2.05, 4.69) is 0 Å². The van der Waals surface area contributed by atoms with Gasteiger partial charge in [0.2, 0.25) is 6.29 Å². The van der Waals surface area contributed by atoms with Crippen molar-refractivity contribution in [2.75, 3.05) is 13.2 Å². The molecular formula is C6H9O2. The van der Waals surface area contributed by atoms with E-state index in [9.17, 15) is 4.79 Å². The molecular weight excluding hydrogens is 104 g/mol. The Bertz CT molecular complexity index is 74.6. The summed E-state index contributed by atoms with van der Waals surface area (Å²) < 4.78 is 5.02. The molecule has 0 aliphatic carbocycles. The summed E-state index contributed by atoms with van der Waals surface area (Å²) in [4.78, 5) is 9.98. The van der Waals surface area contributed by atoms with Crippen LogP contribution in [0.25, 0.3) is 0 Å². The lowest BCUT2D eigenvalue weighted by molar-refractivity contribution is 0.0821. The second-order valence-electron chi connectivity index (χ2n) is 2.00. The first-order valence-electron chi connectivity index (χ1n) is 2.89. The van der Waals surface area contributed by atoms with E-state index in [-0.39, 0.29) is 5.92 Å². The van der Waals surface area contributed by atoms with E-state index < -0.39 is 0 Å². The molecule has 8 heavy (non-hydrogen) atoms. The quantitative estimate of drug-likeness (QED) is 0.495. The number of carbonyl (C=O) groups excluding carboxylic acids is 1. The van der Waals surface area contributed by atoms with Crippen molar-refractivity contribution in [3.63, 3.8) is 0 Å². The summed E-state index contributed by atoms with van der Waals surface area (Å²) in [5.74, 6) is 0.156. The molecule has 1 rings (SSSR count). The molecule has 2 heteroatoms. The van der Waals surface area contributed by atoms with Crippen LogP contribution in [-0.2, 0) is 9.53 Å². The Morgan fingerprint density at radius 3 is 2.38 bits per heavy atom. The van der Waals surface area contributed by atoms with Crippen LogP contribution in [0.3, 0.4) is 0 Å². The molecule has 0 aromatic rings. The van der Waals surface area contributed by atoms with Crippen molar-refractivity contribution in [1.82, 2.24) is 0 Å². The van der Waals surface area contributed by atoms with Crippen LogP contribution >= 0.6 is 0 Å². The molecule has 0 aromatic carbocycles. The molecule has 0 amide bonds. The van der Waals surface area contributed by atoms with Gasteiger partial charge in [-0.3, -0.25) is 4.79 Å². The van der Waals surface area contributed by atoms with Gasteiger partial charge in [-0.1, -0.05) is 0 Å². The molecule has 1 fully saturated rings. The fraction of sp³-hybridized carbons (Fsp3) is 0.833. The Hall–Kier alpha value is -0.370. The van der Waals surface area contributed by atoms with Crippen LogP contribution in [0.15, 0.2) is 0 Å². The minimum atomic E-state index is 0.156. The van der Waals surface area contributed by atoms with Gasteiger partial charge >= 0.3 is 0 Å². The van der Waals surface area contributed by atoms with Crippen molar-refractivity contribution in [1.29, 1.82) is 0 Å². The minimum Gasteiger partial charge on any atom is -0.381 e. The maximum absolute atomic E-state index is 9.98. The lowest BCUT2D eigenvalue weighted by Crippen LogP contribution is -2.16. The molecule has 1 saturated heterocycles. The van der Waals surface area contributed by atoms with Gasteiger partial charge in [0.1, 0.15) is 0 Å². The molecule has 45 valence electrons. The van der Waals surface area contributed by atoms with Crippen molar-refractivity contribution in [3.8, 4) is 0 Å². The molecule has 1 radical (unpaired) electrons. The van der Waals surface area contributed by atoms with Gasteiger partial charge in [0.15, 0.2) is 0 Å². The standard InChI is InChI=1S/C6H9O2/c7-5-6-1-3-8-4-2-6/h6H,1-4H2. The number of hydrogen-bond acceptors (Lipinski definition) is 2. The van der Waals surface area contributed by atoms with E-state index in [0.717, 1.165) is 26.1 Å². The number of ether oxygens (including phenoxy) is 1. The summed E-state index contributed by atoms with van der Waals surface area (Å²) in [6.45, 7) is 1.47. The summed E-state index contributed by atoms with van der Waals surface area (Å²) in [7, 11) is 0. The predicted molar refractivity (Wildman–Crippen MR) is 29.2 cm³/mol. The molecule has 2 nitrogen and oxygen atoms in total. The van der Waals surface area contributed by atoms with Crippen LogP contribution in [0.1, 0.15) is 12.8 Å². The van der Waals surface area contributed by atoms with E-state index in [1.807, 2.05) is 6.29 Å². The Labute approximate surface area is 48.8 Å². The van der Waals surface area contributed by atoms with Crippen molar-refractivity contribution in [2.24, 2.45) is 5.92 Å². The Morgan fingerprint density at radius 2 is 2.00 bits per heavy atom. The van der Waals surface area contributed by atoms with Crippen LogP contribution < -0.4 is 0 Å². The molecule has 0 saturated carbocycles. The SMILES string of the molecule is O=[C]C1CCOCC1. The van der Waals surface area contributed by atoms with Gasteiger partial charge in [-0.15, -0.1) is 0 Å². The molecule has 1 aliphatic rings. The lowest BCUT2D eigenvalue weighted by Gasteiger charge is -2.14. The summed E-state index contributed by atoms with van der Waals surface area (Å²) in [5, 5.41) is 0. The maximum atomic E-state index is 9.98. The van der Waals surface area contributed by atoms with E-state index >= 15 is 0 Å². The Morgan fingerprint density at radius 1 is 1.38 bits per heavy atom. The van der Waals surface area contributed by atoms with Crippen molar-refractivity contribution in [2.45, 2.75) is 12.8 Å². The highest BCUT2D eigenvalue weighted by Gasteiger charge is 2.12. The molecule has 0 aromatic heterocycles. The molecule has 0 bridgehead atoms. The highest BCUT2D eigenvalue weighted by molar-refractivity contribution is 5.54. The average Bonchev–Trinajstić information content (AvgIpc) is 1.90. The third-order valence-electron chi connectivity index (χ3n) is 1.39. The first-order chi connectivity index (χ1) is 3.93. The monoisotopic (exact) mass is 113 g/mol. The van der Waals surface area contributed by atoms with E-state index in [4.69, 9.17) is 4.74 Å². The second kappa shape index (κ2) is 2.82. The zero-order valence-corrected chi connectivity index (χ0v) is 4.72. The first-order valence-corrected chi connectivity index (χ1v) is 2.89. The molecule has 1 aliphatic heterocycles. The number of rotatable bonds is 1. The van der Waals surface area contributed by atoms with Gasteiger partial charge in [-0.25, -0.2) is 0 Å². The van der Waals surface area contributed by atoms with Gasteiger partial charge in [-0.05, 0) is 12.8 Å². The van der Waals surface area contributed by atoms with Gasteiger partial charge < -0.3 is 4.74 Å². The molecule has 0 unspecified atom stereocenters. The molecule has 1 heterocycles. The Kier molecular flexibility index (Phi) is 2.03. The predicted octanol–water partition coefficient (Wildman–Crippen LogP) is 0.523. The normalized spacial score (nSPS) is 23.0. The zero-order valence-electron chi connectivity index (χ0n) is 4.72. The minimum absolute atomic E-state index is 0.156. The highest BCUT2D eigenvalue weighted by Crippen LogP contribution is 2.10. The van der Waals surface area contributed by atoms with Crippen LogP contribution in [0.5, 0.6) is 0 Å². The molecule has 0 N–H and O–H groups in total. The lowest BCUT2D eigenvalue weighted by atomic mass is 10.0. The van der Waals surface area contributed by atoms with Gasteiger partial charge in [-0.2, -0.15) is 0 Å². The largest absolute Gasteiger partial charge is 0.381 e. The van der Waals surface area contributed by atoms with E-state index in [1.54, 1.807) is 0 Å². The Balaban J connectivity index is 2.22. The fourth-order valence-electron chi connectivity index (χ4n) is 0.815. The first kappa shape index (κ1) is 5.76. The maximum Gasteiger partial charge on any atom is 0.201 e. The summed E-state index contributed by atoms with van der Waals surface area (Å²) in [6.07, 6.45) is 3.70. The van der Waals surface area contributed by atoms with Crippen molar-refractivity contribution in [3.05, 3.63) is 0 Å². The smallest absolute Gasteiger partial charge is 0.201 e. The van der Waals surface area contributed by atoms with Crippen molar-refractivity contribution >= 4 is 6.29 Å². The third-order valence-corrected chi connectivity index (χ3v) is 1.39. The van der Waals surface area contributed by atoms with Crippen LogP contribution in [0, 0.1) is 5.92 Å². The summed E-state index contributed by atoms with van der Waals surface area (Å²) >= 11 is 0. The van der Waals surface area contributed by atoms with Crippen LogP contribution in [-0.4, -0.2) is 19.5 Å². The second-order valence-corrected chi connectivity index (χ2v) is 2.00.